The van der Waals surface area contributed by atoms with Crippen LogP contribution in [0.15, 0.2) is 24.3 Å². The quantitative estimate of drug-likeness (QED) is 0.838. The van der Waals surface area contributed by atoms with Gasteiger partial charge in [-0.15, -0.1) is 0 Å². The highest BCUT2D eigenvalue weighted by molar-refractivity contribution is 6.30. The van der Waals surface area contributed by atoms with Crippen molar-refractivity contribution >= 4 is 17.4 Å². The predicted molar refractivity (Wildman–Crippen MR) is 61.0 cm³/mol. The van der Waals surface area contributed by atoms with Crippen LogP contribution in [0, 0.1) is 5.92 Å². The van der Waals surface area contributed by atoms with Crippen molar-refractivity contribution in [1.29, 1.82) is 0 Å². The van der Waals surface area contributed by atoms with E-state index in [0.29, 0.717) is 17.9 Å². The minimum Gasteiger partial charge on any atom is -0.396 e. The van der Waals surface area contributed by atoms with E-state index in [9.17, 15) is 4.79 Å². The molecule has 0 radical (unpaired) electrons. The van der Waals surface area contributed by atoms with E-state index in [2.05, 4.69) is 0 Å². The molecule has 0 amide bonds. The van der Waals surface area contributed by atoms with Crippen molar-refractivity contribution in [3.63, 3.8) is 0 Å². The Balaban J connectivity index is 2.69. The van der Waals surface area contributed by atoms with Crippen molar-refractivity contribution < 1.29 is 9.90 Å². The third kappa shape index (κ3) is 4.02. The molecule has 0 aromatic heterocycles. The van der Waals surface area contributed by atoms with E-state index >= 15 is 0 Å². The molecule has 0 spiro atoms. The Bertz CT molecular complexity index is 336. The van der Waals surface area contributed by atoms with Crippen LogP contribution in [0.3, 0.4) is 0 Å². The van der Waals surface area contributed by atoms with E-state index in [-0.39, 0.29) is 18.3 Å². The van der Waals surface area contributed by atoms with Crippen LogP contribution in [-0.4, -0.2) is 17.5 Å². The summed E-state index contributed by atoms with van der Waals surface area (Å²) >= 11 is 5.85. The van der Waals surface area contributed by atoms with Gasteiger partial charge in [-0.2, -0.15) is 0 Å². The Kier molecular flexibility index (Phi) is 4.79. The summed E-state index contributed by atoms with van der Waals surface area (Å²) in [5.41, 5.74) is 1.04. The highest BCUT2D eigenvalue weighted by Gasteiger charge is 2.14. The Morgan fingerprint density at radius 2 is 2.27 bits per heavy atom. The maximum atomic E-state index is 11.3. The molecule has 0 aliphatic heterocycles. The highest BCUT2D eigenvalue weighted by Crippen LogP contribution is 2.17. The molecule has 15 heavy (non-hydrogen) atoms. The van der Waals surface area contributed by atoms with Crippen molar-refractivity contribution in [3.8, 4) is 0 Å². The molecule has 2 nitrogen and oxygen atoms in total. The van der Waals surface area contributed by atoms with Gasteiger partial charge in [0.05, 0.1) is 0 Å². The van der Waals surface area contributed by atoms with Crippen LogP contribution in [0.5, 0.6) is 0 Å². The molecule has 0 bridgehead atoms. The summed E-state index contributed by atoms with van der Waals surface area (Å²) in [6.45, 7) is 1.61. The third-order valence-corrected chi connectivity index (χ3v) is 2.66. The summed E-state index contributed by atoms with van der Waals surface area (Å²) in [6.07, 6.45) is 1.16. The molecule has 3 heteroatoms. The number of rotatable bonds is 5. The number of Topliss-reactive ketones (excluding diaryl/α,β-unsaturated/α-hetero) is 1. The summed E-state index contributed by atoms with van der Waals surface area (Å²) in [7, 11) is 0. The van der Waals surface area contributed by atoms with Gasteiger partial charge in [0.25, 0.3) is 0 Å². The van der Waals surface area contributed by atoms with Gasteiger partial charge < -0.3 is 5.11 Å². The molecule has 1 aromatic rings. The summed E-state index contributed by atoms with van der Waals surface area (Å²) < 4.78 is 0. The lowest BCUT2D eigenvalue weighted by molar-refractivity contribution is -0.121. The number of hydrogen-bond donors (Lipinski definition) is 1. The van der Waals surface area contributed by atoms with Gasteiger partial charge in [-0.3, -0.25) is 4.79 Å². The second-order valence-electron chi connectivity index (χ2n) is 3.65. The Hall–Kier alpha value is -0.860. The lowest BCUT2D eigenvalue weighted by Crippen LogP contribution is -2.15. The van der Waals surface area contributed by atoms with Gasteiger partial charge >= 0.3 is 0 Å². The van der Waals surface area contributed by atoms with E-state index in [4.69, 9.17) is 16.7 Å². The van der Waals surface area contributed by atoms with Crippen LogP contribution < -0.4 is 0 Å². The third-order valence-electron chi connectivity index (χ3n) is 2.42. The summed E-state index contributed by atoms with van der Waals surface area (Å²) in [5.74, 6) is 0.0116. The number of halogens is 1. The summed E-state index contributed by atoms with van der Waals surface area (Å²) in [6, 6.07) is 7.47. The molecule has 0 saturated carbocycles. The summed E-state index contributed by atoms with van der Waals surface area (Å²) in [4.78, 5) is 11.3. The maximum absolute atomic E-state index is 11.3. The number of ketones is 1. The molecule has 1 rings (SSSR count). The lowest BCUT2D eigenvalue weighted by Gasteiger charge is -2.12. The second-order valence-corrected chi connectivity index (χ2v) is 4.09. The second kappa shape index (κ2) is 5.89. The Morgan fingerprint density at radius 1 is 1.53 bits per heavy atom. The van der Waals surface area contributed by atoms with E-state index in [0.717, 1.165) is 5.56 Å². The minimum absolute atomic E-state index is 0.0464. The van der Waals surface area contributed by atoms with Crippen molar-refractivity contribution in [1.82, 2.24) is 0 Å². The fourth-order valence-corrected chi connectivity index (χ4v) is 1.77. The van der Waals surface area contributed by atoms with Crippen molar-refractivity contribution in [3.05, 3.63) is 34.9 Å². The zero-order valence-electron chi connectivity index (χ0n) is 8.74. The summed E-state index contributed by atoms with van der Waals surface area (Å²) in [5, 5.41) is 9.52. The molecule has 1 N–H and O–H groups in total. The average molecular weight is 227 g/mol. The lowest BCUT2D eigenvalue weighted by atomic mass is 9.93. The molecule has 0 saturated heterocycles. The average Bonchev–Trinajstić information content (AvgIpc) is 2.17. The zero-order chi connectivity index (χ0) is 11.3. The van der Waals surface area contributed by atoms with Crippen LogP contribution >= 0.6 is 11.6 Å². The molecule has 0 aliphatic rings. The maximum Gasteiger partial charge on any atom is 0.133 e. The van der Waals surface area contributed by atoms with Gasteiger partial charge in [0, 0.05) is 17.5 Å². The Labute approximate surface area is 94.9 Å². The molecular weight excluding hydrogens is 212 g/mol. The van der Waals surface area contributed by atoms with E-state index < -0.39 is 0 Å². The van der Waals surface area contributed by atoms with Gasteiger partial charge in [-0.1, -0.05) is 23.7 Å². The molecule has 0 heterocycles. The van der Waals surface area contributed by atoms with Crippen LogP contribution in [0.2, 0.25) is 5.02 Å². The molecule has 82 valence electrons. The monoisotopic (exact) mass is 226 g/mol. The normalized spacial score (nSPS) is 12.5. The zero-order valence-corrected chi connectivity index (χ0v) is 9.50. The number of carbonyl (C=O) groups excluding carboxylic acids is 1. The molecular formula is C12H15ClO2. The van der Waals surface area contributed by atoms with Gasteiger partial charge in [-0.05, 0) is 37.5 Å². The van der Waals surface area contributed by atoms with Crippen molar-refractivity contribution in [2.75, 3.05) is 6.61 Å². The van der Waals surface area contributed by atoms with Gasteiger partial charge in [0.15, 0.2) is 0 Å². The number of aliphatic hydroxyl groups excluding tert-OH is 1. The number of benzene rings is 1. The van der Waals surface area contributed by atoms with Crippen LogP contribution in [-0.2, 0) is 11.2 Å². The topological polar surface area (TPSA) is 37.3 Å². The first-order chi connectivity index (χ1) is 7.13. The van der Waals surface area contributed by atoms with Gasteiger partial charge in [-0.25, -0.2) is 0 Å². The molecule has 0 aliphatic carbocycles. The first kappa shape index (κ1) is 12.2. The predicted octanol–water partition coefficient (Wildman–Crippen LogP) is 2.47. The van der Waals surface area contributed by atoms with Crippen molar-refractivity contribution in [2.45, 2.75) is 19.8 Å². The molecule has 1 unspecified atom stereocenters. The minimum atomic E-state index is -0.103. The van der Waals surface area contributed by atoms with Gasteiger partial charge in [0.2, 0.25) is 0 Å². The van der Waals surface area contributed by atoms with E-state index in [1.165, 1.54) is 0 Å². The number of hydrogen-bond acceptors (Lipinski definition) is 2. The fraction of sp³-hybridized carbons (Fsp3) is 0.417. The highest BCUT2D eigenvalue weighted by atomic mass is 35.5. The van der Waals surface area contributed by atoms with Crippen LogP contribution in [0.4, 0.5) is 0 Å². The molecule has 1 atom stereocenters. The number of aliphatic hydroxyl groups is 1. The van der Waals surface area contributed by atoms with Crippen LogP contribution in [0.25, 0.3) is 0 Å². The first-order valence-electron chi connectivity index (χ1n) is 4.99. The van der Waals surface area contributed by atoms with Crippen molar-refractivity contribution in [2.24, 2.45) is 5.92 Å². The molecule has 1 aromatic carbocycles. The van der Waals surface area contributed by atoms with E-state index in [1.807, 2.05) is 18.2 Å². The Morgan fingerprint density at radius 3 is 2.80 bits per heavy atom. The van der Waals surface area contributed by atoms with E-state index in [1.54, 1.807) is 13.0 Å². The standard InChI is InChI=1S/C12H15ClO2/c1-9(15)11(5-6-14)7-10-3-2-4-12(13)8-10/h2-4,8,11,14H,5-7H2,1H3. The SMILES string of the molecule is CC(=O)C(CCO)Cc1cccc(Cl)c1. The largest absolute Gasteiger partial charge is 0.396 e. The smallest absolute Gasteiger partial charge is 0.133 e. The number of carbonyl (C=O) groups is 1. The van der Waals surface area contributed by atoms with Gasteiger partial charge in [0.1, 0.15) is 5.78 Å². The van der Waals surface area contributed by atoms with Crippen LogP contribution in [0.1, 0.15) is 18.9 Å². The first-order valence-corrected chi connectivity index (χ1v) is 5.37. The fourth-order valence-electron chi connectivity index (χ4n) is 1.55. The molecule has 0 fully saturated rings.